The van der Waals surface area contributed by atoms with Gasteiger partial charge >= 0.3 is 0 Å². The molecule has 0 aliphatic carbocycles. The van der Waals surface area contributed by atoms with E-state index < -0.39 is 0 Å². The molecule has 1 fully saturated rings. The van der Waals surface area contributed by atoms with Crippen LogP contribution in [-0.4, -0.2) is 54.6 Å². The molecule has 2 aromatic heterocycles. The number of morpholine rings is 1. The van der Waals surface area contributed by atoms with Crippen LogP contribution in [0.2, 0.25) is 0 Å². The molecule has 3 rings (SSSR count). The fourth-order valence-electron chi connectivity index (χ4n) is 2.72. The second kappa shape index (κ2) is 7.27. The number of carbonyl (C=O) groups is 1. The standard InChI is InChI=1S/C17H22N4O2S/c1-12(15-5-4-10-24-15)16(22)21-8-9-23-14(11-21)13-6-7-18-17(19-13)20(2)3/h4-7,10,12,14H,8-9,11H2,1-3H3. The first kappa shape index (κ1) is 16.9. The van der Waals surface area contributed by atoms with Crippen LogP contribution < -0.4 is 4.90 Å². The van der Waals surface area contributed by atoms with Crippen LogP contribution in [0.15, 0.2) is 29.8 Å². The Kier molecular flexibility index (Phi) is 5.11. The first-order valence-electron chi connectivity index (χ1n) is 8.00. The van der Waals surface area contributed by atoms with Gasteiger partial charge in [0.15, 0.2) is 0 Å². The molecule has 1 aliphatic heterocycles. The molecule has 0 radical (unpaired) electrons. The zero-order valence-electron chi connectivity index (χ0n) is 14.2. The quantitative estimate of drug-likeness (QED) is 0.850. The Morgan fingerprint density at radius 1 is 1.46 bits per heavy atom. The predicted molar refractivity (Wildman–Crippen MR) is 94.4 cm³/mol. The topological polar surface area (TPSA) is 58.6 Å². The molecule has 0 spiro atoms. The Balaban J connectivity index is 1.72. The molecule has 1 saturated heterocycles. The van der Waals surface area contributed by atoms with E-state index in [2.05, 4.69) is 9.97 Å². The van der Waals surface area contributed by atoms with Crippen LogP contribution in [0.3, 0.4) is 0 Å². The van der Waals surface area contributed by atoms with Gasteiger partial charge in [0, 0.05) is 31.7 Å². The molecule has 0 bridgehead atoms. The molecule has 6 nitrogen and oxygen atoms in total. The van der Waals surface area contributed by atoms with Crippen molar-refractivity contribution in [2.75, 3.05) is 38.7 Å². The number of carbonyl (C=O) groups excluding carboxylic acids is 1. The molecular weight excluding hydrogens is 324 g/mol. The summed E-state index contributed by atoms with van der Waals surface area (Å²) in [5.41, 5.74) is 0.815. The number of hydrogen-bond donors (Lipinski definition) is 0. The summed E-state index contributed by atoms with van der Waals surface area (Å²) in [5, 5.41) is 2.00. The molecule has 24 heavy (non-hydrogen) atoms. The first-order valence-corrected chi connectivity index (χ1v) is 8.88. The minimum Gasteiger partial charge on any atom is -0.368 e. The summed E-state index contributed by atoms with van der Waals surface area (Å²) in [6, 6.07) is 5.85. The maximum atomic E-state index is 12.8. The summed E-state index contributed by atoms with van der Waals surface area (Å²) in [5.74, 6) is 0.672. The van der Waals surface area contributed by atoms with Gasteiger partial charge in [0.05, 0.1) is 24.8 Å². The second-order valence-corrected chi connectivity index (χ2v) is 7.04. The summed E-state index contributed by atoms with van der Waals surface area (Å²) in [6.45, 7) is 3.64. The lowest BCUT2D eigenvalue weighted by atomic mass is 10.1. The third-order valence-electron chi connectivity index (χ3n) is 4.11. The van der Waals surface area contributed by atoms with Crippen LogP contribution >= 0.6 is 11.3 Å². The van der Waals surface area contributed by atoms with Crippen molar-refractivity contribution in [1.82, 2.24) is 14.9 Å². The lowest BCUT2D eigenvalue weighted by molar-refractivity contribution is -0.140. The summed E-state index contributed by atoms with van der Waals surface area (Å²) in [4.78, 5) is 26.4. The zero-order chi connectivity index (χ0) is 17.1. The fourth-order valence-corrected chi connectivity index (χ4v) is 3.49. The Bertz CT molecular complexity index is 690. The van der Waals surface area contributed by atoms with Gasteiger partial charge in [-0.05, 0) is 24.4 Å². The minimum absolute atomic E-state index is 0.119. The Morgan fingerprint density at radius 2 is 2.29 bits per heavy atom. The van der Waals surface area contributed by atoms with Gasteiger partial charge in [-0.2, -0.15) is 0 Å². The Labute approximate surface area is 146 Å². The highest BCUT2D eigenvalue weighted by Crippen LogP contribution is 2.27. The van der Waals surface area contributed by atoms with E-state index in [4.69, 9.17) is 4.74 Å². The molecule has 2 aromatic rings. The van der Waals surface area contributed by atoms with Gasteiger partial charge in [-0.25, -0.2) is 9.97 Å². The van der Waals surface area contributed by atoms with Crippen molar-refractivity contribution in [2.24, 2.45) is 0 Å². The van der Waals surface area contributed by atoms with Crippen LogP contribution in [0.1, 0.15) is 29.5 Å². The number of nitrogens with zero attached hydrogens (tertiary/aromatic N) is 4. The number of rotatable bonds is 4. The van der Waals surface area contributed by atoms with Crippen LogP contribution in [0.25, 0.3) is 0 Å². The largest absolute Gasteiger partial charge is 0.368 e. The molecule has 7 heteroatoms. The fraction of sp³-hybridized carbons (Fsp3) is 0.471. The summed E-state index contributed by atoms with van der Waals surface area (Å²) >= 11 is 1.62. The van der Waals surface area contributed by atoms with Crippen molar-refractivity contribution in [1.29, 1.82) is 0 Å². The number of aromatic nitrogens is 2. The van der Waals surface area contributed by atoms with Gasteiger partial charge in [0.25, 0.3) is 0 Å². The molecule has 0 aromatic carbocycles. The van der Waals surface area contributed by atoms with Gasteiger partial charge in [-0.3, -0.25) is 4.79 Å². The molecule has 2 atom stereocenters. The van der Waals surface area contributed by atoms with E-state index in [1.165, 1.54) is 0 Å². The zero-order valence-corrected chi connectivity index (χ0v) is 15.0. The Hall–Kier alpha value is -1.99. The predicted octanol–water partition coefficient (Wildman–Crippen LogP) is 2.31. The average Bonchev–Trinajstić information content (AvgIpc) is 3.15. The van der Waals surface area contributed by atoms with Crippen molar-refractivity contribution >= 4 is 23.2 Å². The number of amides is 1. The molecular formula is C17H22N4O2S. The van der Waals surface area contributed by atoms with Crippen molar-refractivity contribution in [3.05, 3.63) is 40.3 Å². The number of hydrogen-bond acceptors (Lipinski definition) is 6. The highest BCUT2D eigenvalue weighted by atomic mass is 32.1. The molecule has 1 aliphatic rings. The maximum Gasteiger partial charge on any atom is 0.230 e. The highest BCUT2D eigenvalue weighted by Gasteiger charge is 2.30. The second-order valence-electron chi connectivity index (χ2n) is 6.06. The van der Waals surface area contributed by atoms with E-state index in [1.54, 1.807) is 17.5 Å². The first-order chi connectivity index (χ1) is 11.6. The van der Waals surface area contributed by atoms with Crippen molar-refractivity contribution in [3.8, 4) is 0 Å². The van der Waals surface area contributed by atoms with Crippen molar-refractivity contribution in [3.63, 3.8) is 0 Å². The molecule has 3 heterocycles. The highest BCUT2D eigenvalue weighted by molar-refractivity contribution is 7.10. The van der Waals surface area contributed by atoms with Crippen LogP contribution in [0, 0.1) is 0 Å². The molecule has 0 N–H and O–H groups in total. The van der Waals surface area contributed by atoms with Gasteiger partial charge in [0.1, 0.15) is 6.10 Å². The minimum atomic E-state index is -0.208. The molecule has 0 saturated carbocycles. The van der Waals surface area contributed by atoms with E-state index in [0.29, 0.717) is 25.6 Å². The molecule has 128 valence electrons. The Morgan fingerprint density at radius 3 is 3.00 bits per heavy atom. The summed E-state index contributed by atoms with van der Waals surface area (Å²) < 4.78 is 5.85. The third kappa shape index (κ3) is 3.57. The van der Waals surface area contributed by atoms with Gasteiger partial charge in [-0.1, -0.05) is 6.07 Å². The third-order valence-corrected chi connectivity index (χ3v) is 5.17. The molecule has 1 amide bonds. The molecule has 2 unspecified atom stereocenters. The average molecular weight is 346 g/mol. The van der Waals surface area contributed by atoms with E-state index in [0.717, 1.165) is 10.6 Å². The van der Waals surface area contributed by atoms with E-state index >= 15 is 0 Å². The number of ether oxygens (including phenoxy) is 1. The summed E-state index contributed by atoms with van der Waals surface area (Å²) in [6.07, 6.45) is 1.52. The van der Waals surface area contributed by atoms with Crippen LogP contribution in [0.5, 0.6) is 0 Å². The normalized spacial score (nSPS) is 19.1. The smallest absolute Gasteiger partial charge is 0.230 e. The van der Waals surface area contributed by atoms with Crippen LogP contribution in [-0.2, 0) is 9.53 Å². The monoisotopic (exact) mass is 346 g/mol. The lowest BCUT2D eigenvalue weighted by Crippen LogP contribution is -2.44. The van der Waals surface area contributed by atoms with E-state index in [-0.39, 0.29) is 17.9 Å². The van der Waals surface area contributed by atoms with Crippen LogP contribution in [0.4, 0.5) is 5.95 Å². The lowest BCUT2D eigenvalue weighted by Gasteiger charge is -2.34. The number of thiophene rings is 1. The van der Waals surface area contributed by atoms with Crippen molar-refractivity contribution < 1.29 is 9.53 Å². The van der Waals surface area contributed by atoms with E-state index in [9.17, 15) is 4.79 Å². The van der Waals surface area contributed by atoms with Gasteiger partial charge in [0.2, 0.25) is 11.9 Å². The van der Waals surface area contributed by atoms with Gasteiger partial charge in [-0.15, -0.1) is 11.3 Å². The van der Waals surface area contributed by atoms with E-state index in [1.807, 2.05) is 54.4 Å². The van der Waals surface area contributed by atoms with Crippen molar-refractivity contribution in [2.45, 2.75) is 18.9 Å². The van der Waals surface area contributed by atoms with Gasteiger partial charge < -0.3 is 14.5 Å². The maximum absolute atomic E-state index is 12.8. The summed E-state index contributed by atoms with van der Waals surface area (Å²) in [7, 11) is 3.80. The SMILES string of the molecule is CC(C(=O)N1CCOC(c2ccnc(N(C)C)n2)C1)c1cccs1. The number of anilines is 1.